The maximum Gasteiger partial charge on any atom is 0.243 e. The predicted molar refractivity (Wildman–Crippen MR) is 155 cm³/mol. The van der Waals surface area contributed by atoms with Crippen LogP contribution >= 0.6 is 0 Å². The lowest BCUT2D eigenvalue weighted by Crippen LogP contribution is -2.48. The number of sulfonamides is 1. The van der Waals surface area contributed by atoms with E-state index in [1.807, 2.05) is 6.07 Å². The lowest BCUT2D eigenvalue weighted by atomic mass is 9.61. The quantitative estimate of drug-likeness (QED) is 0.436. The van der Waals surface area contributed by atoms with Crippen LogP contribution in [-0.2, 0) is 26.6 Å². The summed E-state index contributed by atoms with van der Waals surface area (Å²) in [6.45, 7) is 15.8. The number of likely N-dealkylation sites (tertiary alicyclic amines) is 1. The molecule has 0 bridgehead atoms. The zero-order valence-electron chi connectivity index (χ0n) is 24.6. The molecule has 4 atom stereocenters. The van der Waals surface area contributed by atoms with Crippen LogP contribution < -0.4 is 0 Å². The van der Waals surface area contributed by atoms with E-state index in [-0.39, 0.29) is 10.8 Å². The first kappa shape index (κ1) is 28.3. The van der Waals surface area contributed by atoms with Crippen LogP contribution in [0.15, 0.2) is 34.7 Å². The Bertz CT molecular complexity index is 1150. The van der Waals surface area contributed by atoms with Gasteiger partial charge in [0.2, 0.25) is 10.0 Å². The fourth-order valence-electron chi connectivity index (χ4n) is 8.20. The number of ether oxygens (including phenoxy) is 1. The van der Waals surface area contributed by atoms with Gasteiger partial charge in [0.15, 0.2) is 0 Å². The zero-order valence-corrected chi connectivity index (χ0v) is 25.4. The number of rotatable bonds is 4. The van der Waals surface area contributed by atoms with Crippen molar-refractivity contribution in [2.24, 2.45) is 23.2 Å². The van der Waals surface area contributed by atoms with Crippen molar-refractivity contribution in [3.05, 3.63) is 41.0 Å². The SMILES string of the molecule is CC(C)C1=CCN(S(=O)(=O)c2ccc3c(c2)C(C)(C)C2CCN(C)CC2CC(C)(C2CCCO2)CC3)CC1. The minimum atomic E-state index is -3.54. The Balaban J connectivity index is 1.53. The molecule has 0 saturated carbocycles. The van der Waals surface area contributed by atoms with Crippen molar-refractivity contribution >= 4 is 10.0 Å². The second-order valence-corrected chi connectivity index (χ2v) is 15.8. The molecule has 1 aromatic rings. The Labute approximate surface area is 232 Å². The Morgan fingerprint density at radius 1 is 1.08 bits per heavy atom. The normalized spacial score (nSPS) is 33.1. The molecule has 4 unspecified atom stereocenters. The van der Waals surface area contributed by atoms with E-state index in [4.69, 9.17) is 4.74 Å². The largest absolute Gasteiger partial charge is 0.378 e. The average molecular weight is 543 g/mol. The number of nitrogens with zero attached hydrogens (tertiary/aromatic N) is 2. The summed E-state index contributed by atoms with van der Waals surface area (Å²) in [5, 5.41) is 0. The number of hydrogen-bond donors (Lipinski definition) is 0. The molecule has 0 spiro atoms. The molecule has 38 heavy (non-hydrogen) atoms. The molecule has 0 aromatic heterocycles. The molecule has 4 aliphatic rings. The molecule has 5 rings (SSSR count). The van der Waals surface area contributed by atoms with Gasteiger partial charge in [-0.25, -0.2) is 8.42 Å². The second-order valence-electron chi connectivity index (χ2n) is 13.9. The summed E-state index contributed by atoms with van der Waals surface area (Å²) >= 11 is 0. The smallest absolute Gasteiger partial charge is 0.243 e. The van der Waals surface area contributed by atoms with Gasteiger partial charge in [0.1, 0.15) is 0 Å². The molecule has 6 heteroatoms. The second kappa shape index (κ2) is 10.6. The van der Waals surface area contributed by atoms with E-state index >= 15 is 0 Å². The third kappa shape index (κ3) is 5.27. The van der Waals surface area contributed by atoms with Crippen LogP contribution in [0, 0.1) is 23.2 Å². The van der Waals surface area contributed by atoms with Gasteiger partial charge in [-0.1, -0.05) is 52.3 Å². The highest BCUT2D eigenvalue weighted by molar-refractivity contribution is 7.89. The lowest BCUT2D eigenvalue weighted by Gasteiger charge is -2.48. The molecule has 1 aromatic carbocycles. The van der Waals surface area contributed by atoms with Gasteiger partial charge < -0.3 is 9.64 Å². The van der Waals surface area contributed by atoms with Crippen molar-refractivity contribution in [2.45, 2.75) is 96.0 Å². The predicted octanol–water partition coefficient (Wildman–Crippen LogP) is 6.03. The first-order valence-electron chi connectivity index (χ1n) is 15.0. The summed E-state index contributed by atoms with van der Waals surface area (Å²) < 4.78 is 35.7. The van der Waals surface area contributed by atoms with E-state index in [2.05, 4.69) is 64.8 Å². The number of aryl methyl sites for hydroxylation is 1. The Kier molecular flexibility index (Phi) is 7.93. The van der Waals surface area contributed by atoms with Gasteiger partial charge in [0.25, 0.3) is 0 Å². The van der Waals surface area contributed by atoms with Crippen LogP contribution in [0.4, 0.5) is 0 Å². The first-order valence-corrected chi connectivity index (χ1v) is 16.5. The van der Waals surface area contributed by atoms with Gasteiger partial charge in [-0.3, -0.25) is 0 Å². The van der Waals surface area contributed by atoms with Crippen molar-refractivity contribution < 1.29 is 13.2 Å². The maximum absolute atomic E-state index is 13.9. The Morgan fingerprint density at radius 2 is 1.87 bits per heavy atom. The molecule has 2 saturated heterocycles. The van der Waals surface area contributed by atoms with Crippen molar-refractivity contribution in [2.75, 3.05) is 39.8 Å². The molecule has 2 fully saturated rings. The van der Waals surface area contributed by atoms with Crippen LogP contribution in [0.25, 0.3) is 0 Å². The van der Waals surface area contributed by atoms with Crippen molar-refractivity contribution in [3.63, 3.8) is 0 Å². The average Bonchev–Trinajstić information content (AvgIpc) is 3.43. The fraction of sp³-hybridized carbons (Fsp3) is 0.750. The molecule has 212 valence electrons. The number of piperidine rings is 1. The first-order chi connectivity index (χ1) is 17.9. The van der Waals surface area contributed by atoms with Gasteiger partial charge in [-0.05, 0) is 110 Å². The molecule has 5 nitrogen and oxygen atoms in total. The monoisotopic (exact) mass is 542 g/mol. The Morgan fingerprint density at radius 3 is 2.53 bits per heavy atom. The highest BCUT2D eigenvalue weighted by Gasteiger charge is 2.47. The summed E-state index contributed by atoms with van der Waals surface area (Å²) in [6.07, 6.45) is 10.0. The van der Waals surface area contributed by atoms with Crippen molar-refractivity contribution in [3.8, 4) is 0 Å². The Hall–Kier alpha value is -1.21. The van der Waals surface area contributed by atoms with Gasteiger partial charge in [0.05, 0.1) is 11.0 Å². The topological polar surface area (TPSA) is 49.9 Å². The van der Waals surface area contributed by atoms with Crippen LogP contribution in [0.2, 0.25) is 0 Å². The molecule has 1 aliphatic carbocycles. The summed E-state index contributed by atoms with van der Waals surface area (Å²) in [4.78, 5) is 2.97. The van der Waals surface area contributed by atoms with Gasteiger partial charge in [-0.2, -0.15) is 4.31 Å². The third-order valence-electron chi connectivity index (χ3n) is 10.6. The van der Waals surface area contributed by atoms with Crippen LogP contribution in [0.1, 0.15) is 84.3 Å². The minimum absolute atomic E-state index is 0.0960. The van der Waals surface area contributed by atoms with Gasteiger partial charge in [0, 0.05) is 26.2 Å². The third-order valence-corrected chi connectivity index (χ3v) is 12.5. The van der Waals surface area contributed by atoms with E-state index in [0.29, 0.717) is 41.8 Å². The molecule has 3 heterocycles. The molecular formula is C32H50N2O3S. The van der Waals surface area contributed by atoms with Crippen molar-refractivity contribution in [1.29, 1.82) is 0 Å². The summed E-state index contributed by atoms with van der Waals surface area (Å²) in [7, 11) is -1.28. The van der Waals surface area contributed by atoms with Crippen LogP contribution in [-0.4, -0.2) is 63.6 Å². The summed E-state index contributed by atoms with van der Waals surface area (Å²) in [5.41, 5.74) is 4.01. The van der Waals surface area contributed by atoms with Crippen molar-refractivity contribution in [1.82, 2.24) is 9.21 Å². The van der Waals surface area contributed by atoms with Gasteiger partial charge in [-0.15, -0.1) is 0 Å². The molecule has 0 amide bonds. The van der Waals surface area contributed by atoms with E-state index < -0.39 is 10.0 Å². The van der Waals surface area contributed by atoms with E-state index in [1.165, 1.54) is 36.0 Å². The molecule has 0 radical (unpaired) electrons. The molecule has 0 N–H and O–H groups in total. The zero-order chi connectivity index (χ0) is 27.3. The van der Waals surface area contributed by atoms with E-state index in [1.54, 1.807) is 4.31 Å². The van der Waals surface area contributed by atoms with E-state index in [9.17, 15) is 8.42 Å². The summed E-state index contributed by atoms with van der Waals surface area (Å²) in [5.74, 6) is 1.57. The maximum atomic E-state index is 13.9. The van der Waals surface area contributed by atoms with Crippen LogP contribution in [0.5, 0.6) is 0 Å². The number of benzene rings is 1. The number of hydrogen-bond acceptors (Lipinski definition) is 4. The minimum Gasteiger partial charge on any atom is -0.378 e. The van der Waals surface area contributed by atoms with Crippen LogP contribution in [0.3, 0.4) is 0 Å². The van der Waals surface area contributed by atoms with Gasteiger partial charge >= 0.3 is 0 Å². The molecule has 3 aliphatic heterocycles. The van der Waals surface area contributed by atoms with E-state index in [0.717, 1.165) is 45.4 Å². The fourth-order valence-corrected chi connectivity index (χ4v) is 9.61. The highest BCUT2D eigenvalue weighted by Crippen LogP contribution is 2.51. The lowest BCUT2D eigenvalue weighted by molar-refractivity contribution is -0.0298. The highest BCUT2D eigenvalue weighted by atomic mass is 32.2. The number of fused-ring (bicyclic) bond motifs is 2. The molecular weight excluding hydrogens is 492 g/mol. The summed E-state index contributed by atoms with van der Waals surface area (Å²) in [6, 6.07) is 6.10. The standard InChI is InChI=1S/C32H50N2O3S/c1-23(2)24-12-17-34(18-13-24)38(35,36)27-10-9-25-11-15-32(5,30-8-7-19-37-30)21-26-22-33(6)16-14-28(26)31(3,4)29(25)20-27/h9-10,12,20,23,26,28,30H,7-8,11,13-19,21-22H2,1-6H3.